The summed E-state index contributed by atoms with van der Waals surface area (Å²) in [4.78, 5) is 16.8. The lowest BCUT2D eigenvalue weighted by atomic mass is 10.0. The number of alkyl halides is 3. The first-order valence-corrected chi connectivity index (χ1v) is 10.3. The molecule has 0 unspecified atom stereocenters. The molecular weight excluding hydrogens is 451 g/mol. The number of benzene rings is 2. The lowest BCUT2D eigenvalue weighted by molar-refractivity contribution is -0.274. The van der Waals surface area contributed by atoms with Crippen molar-refractivity contribution in [1.82, 2.24) is 4.98 Å². The van der Waals surface area contributed by atoms with Gasteiger partial charge in [-0.25, -0.2) is 4.79 Å². The number of nitrogens with one attached hydrogen (secondary N) is 2. The molecule has 0 saturated carbocycles. The molecule has 2 N–H and O–H groups in total. The van der Waals surface area contributed by atoms with Crippen LogP contribution < -0.4 is 24.8 Å². The van der Waals surface area contributed by atoms with E-state index >= 15 is 0 Å². The Balaban J connectivity index is 1.79. The third kappa shape index (κ3) is 6.77. The van der Waals surface area contributed by atoms with Crippen LogP contribution in [0.3, 0.4) is 0 Å². The summed E-state index contributed by atoms with van der Waals surface area (Å²) in [5.41, 5.74) is 2.49. The van der Waals surface area contributed by atoms with Crippen LogP contribution >= 0.6 is 0 Å². The van der Waals surface area contributed by atoms with Crippen molar-refractivity contribution in [3.63, 3.8) is 0 Å². The minimum atomic E-state index is -4.79. The fraction of sp³-hybridized carbons (Fsp3) is 0.250. The average molecular weight is 475 g/mol. The Morgan fingerprint density at radius 1 is 1.00 bits per heavy atom. The monoisotopic (exact) mass is 475 g/mol. The molecule has 1 aromatic heterocycles. The van der Waals surface area contributed by atoms with Gasteiger partial charge in [0, 0.05) is 11.8 Å². The summed E-state index contributed by atoms with van der Waals surface area (Å²) in [5, 5.41) is 5.18. The van der Waals surface area contributed by atoms with Crippen molar-refractivity contribution in [3.05, 3.63) is 65.7 Å². The van der Waals surface area contributed by atoms with Crippen LogP contribution in [0.25, 0.3) is 0 Å². The Labute approximate surface area is 194 Å². The molecule has 0 aliphatic carbocycles. The first-order chi connectivity index (χ1) is 16.0. The van der Waals surface area contributed by atoms with E-state index in [4.69, 9.17) is 9.47 Å². The fourth-order valence-electron chi connectivity index (χ4n) is 3.05. The van der Waals surface area contributed by atoms with Crippen LogP contribution in [0.15, 0.2) is 54.6 Å². The number of carbonyl (C=O) groups is 1. The number of pyridine rings is 1. The number of urea groups is 1. The number of amides is 2. The predicted octanol–water partition coefficient (Wildman–Crippen LogP) is 6.86. The first kappa shape index (κ1) is 24.7. The molecule has 2 amide bonds. The summed E-state index contributed by atoms with van der Waals surface area (Å²) in [6.07, 6.45) is -4.79. The largest absolute Gasteiger partial charge is 0.573 e. The van der Waals surface area contributed by atoms with E-state index in [0.717, 1.165) is 23.3 Å². The molecule has 3 aromatic rings. The van der Waals surface area contributed by atoms with Gasteiger partial charge in [0.1, 0.15) is 17.2 Å². The van der Waals surface area contributed by atoms with Crippen molar-refractivity contribution in [3.8, 4) is 23.3 Å². The van der Waals surface area contributed by atoms with E-state index in [9.17, 15) is 18.0 Å². The van der Waals surface area contributed by atoms with Crippen molar-refractivity contribution in [2.75, 3.05) is 17.7 Å². The van der Waals surface area contributed by atoms with Gasteiger partial charge in [-0.05, 0) is 60.4 Å². The van der Waals surface area contributed by atoms with Gasteiger partial charge in [0.15, 0.2) is 0 Å². The summed E-state index contributed by atoms with van der Waals surface area (Å²) < 4.78 is 52.0. The molecule has 0 aliphatic rings. The maximum absolute atomic E-state index is 12.5. The Bertz CT molecular complexity index is 1150. The lowest BCUT2D eigenvalue weighted by Gasteiger charge is -2.17. The Morgan fingerprint density at radius 2 is 1.71 bits per heavy atom. The molecule has 7 nitrogen and oxygen atoms in total. The number of rotatable bonds is 7. The van der Waals surface area contributed by atoms with Gasteiger partial charge in [-0.3, -0.25) is 0 Å². The molecule has 0 atom stereocenters. The standard InChI is InChI=1S/C24H24F3N3O4/c1-14(2)18-10-5-15(3)13-20(18)33-22-19(11-12-21(30-22)32-4)29-23(31)28-16-6-8-17(9-7-16)34-24(25,26)27/h5-14H,1-4H3,(H2,28,29,31). The second-order valence-corrected chi connectivity index (χ2v) is 7.66. The van der Waals surface area contributed by atoms with Gasteiger partial charge < -0.3 is 24.8 Å². The zero-order valence-electron chi connectivity index (χ0n) is 19.0. The van der Waals surface area contributed by atoms with Crippen LogP contribution in [0.1, 0.15) is 30.9 Å². The van der Waals surface area contributed by atoms with Crippen molar-refractivity contribution in [2.45, 2.75) is 33.1 Å². The van der Waals surface area contributed by atoms with Gasteiger partial charge in [0.05, 0.1) is 7.11 Å². The van der Waals surface area contributed by atoms with E-state index in [0.29, 0.717) is 11.6 Å². The molecule has 10 heteroatoms. The number of anilines is 2. The zero-order chi connectivity index (χ0) is 24.9. The molecule has 0 spiro atoms. The Morgan fingerprint density at radius 3 is 2.32 bits per heavy atom. The van der Waals surface area contributed by atoms with Crippen LogP contribution in [0.4, 0.5) is 29.3 Å². The fourth-order valence-corrected chi connectivity index (χ4v) is 3.05. The van der Waals surface area contributed by atoms with E-state index in [1.807, 2.05) is 39.0 Å². The van der Waals surface area contributed by atoms with Gasteiger partial charge in [-0.2, -0.15) is 4.98 Å². The van der Waals surface area contributed by atoms with Gasteiger partial charge in [-0.15, -0.1) is 13.2 Å². The average Bonchev–Trinajstić information content (AvgIpc) is 2.75. The maximum atomic E-state index is 12.5. The highest BCUT2D eigenvalue weighted by Crippen LogP contribution is 2.35. The van der Waals surface area contributed by atoms with Crippen LogP contribution in [-0.4, -0.2) is 24.5 Å². The van der Waals surface area contributed by atoms with Gasteiger partial charge in [-0.1, -0.05) is 26.0 Å². The number of aryl methyl sites for hydroxylation is 1. The number of halogens is 3. The van der Waals surface area contributed by atoms with Crippen LogP contribution in [0, 0.1) is 6.92 Å². The topological polar surface area (TPSA) is 81.7 Å². The molecule has 0 aliphatic heterocycles. The lowest BCUT2D eigenvalue weighted by Crippen LogP contribution is -2.20. The molecule has 0 saturated heterocycles. The highest BCUT2D eigenvalue weighted by Gasteiger charge is 2.31. The summed E-state index contributed by atoms with van der Waals surface area (Å²) in [6, 6.07) is 13.1. The van der Waals surface area contributed by atoms with Crippen LogP contribution in [-0.2, 0) is 0 Å². The SMILES string of the molecule is COc1ccc(NC(=O)Nc2ccc(OC(F)(F)F)cc2)c(Oc2cc(C)ccc2C(C)C)n1. The van der Waals surface area contributed by atoms with E-state index in [-0.39, 0.29) is 23.2 Å². The molecule has 1 heterocycles. The summed E-state index contributed by atoms with van der Waals surface area (Å²) >= 11 is 0. The number of nitrogens with zero attached hydrogens (tertiary/aromatic N) is 1. The maximum Gasteiger partial charge on any atom is 0.573 e. The van der Waals surface area contributed by atoms with Gasteiger partial charge in [0.2, 0.25) is 11.8 Å². The smallest absolute Gasteiger partial charge is 0.481 e. The predicted molar refractivity (Wildman–Crippen MR) is 122 cm³/mol. The normalized spacial score (nSPS) is 11.2. The Kier molecular flexibility index (Phi) is 7.50. The second kappa shape index (κ2) is 10.3. The minimum Gasteiger partial charge on any atom is -0.481 e. The quantitative estimate of drug-likeness (QED) is 0.390. The molecule has 0 fully saturated rings. The highest BCUT2D eigenvalue weighted by molar-refractivity contribution is 6.00. The third-order valence-corrected chi connectivity index (χ3v) is 4.64. The molecule has 180 valence electrons. The third-order valence-electron chi connectivity index (χ3n) is 4.64. The summed E-state index contributed by atoms with van der Waals surface area (Å²) in [6.45, 7) is 6.01. The zero-order valence-corrected chi connectivity index (χ0v) is 19.0. The van der Waals surface area contributed by atoms with Crippen LogP contribution in [0.2, 0.25) is 0 Å². The van der Waals surface area contributed by atoms with E-state index in [1.165, 1.54) is 19.2 Å². The molecule has 3 rings (SSSR count). The second-order valence-electron chi connectivity index (χ2n) is 7.66. The number of methoxy groups -OCH3 is 1. The molecule has 0 radical (unpaired) electrons. The van der Waals surface area contributed by atoms with Crippen LogP contribution in [0.5, 0.6) is 23.3 Å². The van der Waals surface area contributed by atoms with E-state index in [1.54, 1.807) is 12.1 Å². The summed E-state index contributed by atoms with van der Waals surface area (Å²) in [7, 11) is 1.46. The number of aromatic nitrogens is 1. The van der Waals surface area contributed by atoms with Crippen molar-refractivity contribution >= 4 is 17.4 Å². The minimum absolute atomic E-state index is 0.121. The molecule has 0 bridgehead atoms. The van der Waals surface area contributed by atoms with Gasteiger partial charge >= 0.3 is 12.4 Å². The van der Waals surface area contributed by atoms with Crippen molar-refractivity contribution in [2.24, 2.45) is 0 Å². The summed E-state index contributed by atoms with van der Waals surface area (Å²) in [5.74, 6) is 0.799. The molecule has 34 heavy (non-hydrogen) atoms. The number of ether oxygens (including phenoxy) is 3. The Hall–Kier alpha value is -3.95. The van der Waals surface area contributed by atoms with Gasteiger partial charge in [0.25, 0.3) is 0 Å². The van der Waals surface area contributed by atoms with Crippen molar-refractivity contribution < 1.29 is 32.2 Å². The number of hydrogen-bond acceptors (Lipinski definition) is 5. The van der Waals surface area contributed by atoms with E-state index < -0.39 is 18.1 Å². The highest BCUT2D eigenvalue weighted by atomic mass is 19.4. The van der Waals surface area contributed by atoms with E-state index in [2.05, 4.69) is 20.4 Å². The molecule has 2 aromatic carbocycles. The molecular formula is C24H24F3N3O4. The number of hydrogen-bond donors (Lipinski definition) is 2. The first-order valence-electron chi connectivity index (χ1n) is 10.3. The van der Waals surface area contributed by atoms with Crippen molar-refractivity contribution in [1.29, 1.82) is 0 Å². The number of carbonyl (C=O) groups excluding carboxylic acids is 1.